The topological polar surface area (TPSA) is 83.3 Å². The molecular weight excluding hydrogens is 491 g/mol. The first-order chi connectivity index (χ1) is 14.1. The van der Waals surface area contributed by atoms with Crippen LogP contribution in [0.4, 0.5) is 5.69 Å². The highest BCUT2D eigenvalue weighted by Crippen LogP contribution is 2.23. The van der Waals surface area contributed by atoms with E-state index in [0.29, 0.717) is 12.6 Å². The van der Waals surface area contributed by atoms with E-state index in [1.54, 1.807) is 23.1 Å². The van der Waals surface area contributed by atoms with Crippen LogP contribution in [0.2, 0.25) is 0 Å². The van der Waals surface area contributed by atoms with E-state index in [1.807, 2.05) is 24.3 Å². The summed E-state index contributed by atoms with van der Waals surface area (Å²) in [5.41, 5.74) is 1.82. The zero-order valence-electron chi connectivity index (χ0n) is 17.8. The molecule has 1 saturated carbocycles. The van der Waals surface area contributed by atoms with Gasteiger partial charge in [-0.15, -0.1) is 24.0 Å². The van der Waals surface area contributed by atoms with Crippen LogP contribution in [0.25, 0.3) is 0 Å². The number of nitrogens with zero attached hydrogens (tertiary/aromatic N) is 3. The molecule has 30 heavy (non-hydrogen) atoms. The normalized spacial score (nSPS) is 18.9. The molecule has 0 unspecified atom stereocenters. The van der Waals surface area contributed by atoms with Crippen molar-refractivity contribution in [1.82, 2.24) is 20.4 Å². The molecule has 0 saturated heterocycles. The number of benzene rings is 1. The average molecular weight is 524 g/mol. The molecule has 2 aromatic rings. The second-order valence-corrected chi connectivity index (χ2v) is 7.75. The highest BCUT2D eigenvalue weighted by molar-refractivity contribution is 14.0. The van der Waals surface area contributed by atoms with Crippen molar-refractivity contribution in [3.05, 3.63) is 48.3 Å². The summed E-state index contributed by atoms with van der Waals surface area (Å²) in [5.74, 6) is 1.59. The predicted octanol–water partition coefficient (Wildman–Crippen LogP) is 3.77. The number of guanidine groups is 1. The second kappa shape index (κ2) is 12.6. The lowest BCUT2D eigenvalue weighted by atomic mass is 9.87. The fourth-order valence-corrected chi connectivity index (χ4v) is 3.58. The number of carbonyl (C=O) groups is 1. The van der Waals surface area contributed by atoms with Gasteiger partial charge >= 0.3 is 0 Å². The first-order valence-electron chi connectivity index (χ1n) is 10.5. The van der Waals surface area contributed by atoms with Crippen molar-refractivity contribution in [3.63, 3.8) is 0 Å². The van der Waals surface area contributed by atoms with Crippen molar-refractivity contribution < 1.29 is 4.79 Å². The van der Waals surface area contributed by atoms with Gasteiger partial charge in [-0.3, -0.25) is 9.48 Å². The van der Waals surface area contributed by atoms with Crippen molar-refractivity contribution in [2.75, 3.05) is 11.9 Å². The van der Waals surface area contributed by atoms with Crippen LogP contribution in [0.15, 0.2) is 47.7 Å². The number of carbonyl (C=O) groups excluding carboxylic acids is 1. The summed E-state index contributed by atoms with van der Waals surface area (Å²) in [5, 5.41) is 13.9. The molecule has 3 N–H and O–H groups in total. The van der Waals surface area contributed by atoms with Gasteiger partial charge in [-0.2, -0.15) is 5.10 Å². The maximum Gasteiger partial charge on any atom is 0.246 e. The average Bonchev–Trinajstić information content (AvgIpc) is 3.21. The Morgan fingerprint density at radius 1 is 1.23 bits per heavy atom. The van der Waals surface area contributed by atoms with Crippen LogP contribution >= 0.6 is 24.0 Å². The second-order valence-electron chi connectivity index (χ2n) is 7.75. The van der Waals surface area contributed by atoms with Crippen LogP contribution in [-0.4, -0.2) is 34.2 Å². The van der Waals surface area contributed by atoms with E-state index in [0.717, 1.165) is 29.7 Å². The summed E-state index contributed by atoms with van der Waals surface area (Å²) in [6.45, 7) is 6.00. The summed E-state index contributed by atoms with van der Waals surface area (Å²) in [6, 6.07) is 10.1. The molecule has 1 fully saturated rings. The molecule has 3 rings (SSSR count). The van der Waals surface area contributed by atoms with Gasteiger partial charge in [0.2, 0.25) is 5.91 Å². The highest BCUT2D eigenvalue weighted by Gasteiger charge is 2.18. The summed E-state index contributed by atoms with van der Waals surface area (Å²) >= 11 is 0. The Hall–Kier alpha value is -2.10. The molecule has 1 aliphatic rings. The van der Waals surface area contributed by atoms with Crippen molar-refractivity contribution in [2.45, 2.75) is 58.7 Å². The molecule has 1 aliphatic carbocycles. The minimum absolute atomic E-state index is 0. The van der Waals surface area contributed by atoms with Gasteiger partial charge in [0.15, 0.2) is 5.96 Å². The van der Waals surface area contributed by atoms with E-state index in [1.165, 1.54) is 25.7 Å². The van der Waals surface area contributed by atoms with Crippen molar-refractivity contribution in [2.24, 2.45) is 10.9 Å². The molecule has 0 bridgehead atoms. The summed E-state index contributed by atoms with van der Waals surface area (Å²) in [4.78, 5) is 16.9. The molecule has 0 atom stereocenters. The third kappa shape index (κ3) is 7.97. The van der Waals surface area contributed by atoms with Crippen LogP contribution in [0.3, 0.4) is 0 Å². The lowest BCUT2D eigenvalue weighted by molar-refractivity contribution is -0.116. The van der Waals surface area contributed by atoms with Gasteiger partial charge in [0, 0.05) is 30.7 Å². The number of rotatable bonds is 7. The minimum atomic E-state index is -0.101. The number of nitrogens with one attached hydrogen (secondary N) is 3. The third-order valence-electron chi connectivity index (χ3n) is 5.20. The van der Waals surface area contributed by atoms with E-state index in [4.69, 9.17) is 4.99 Å². The van der Waals surface area contributed by atoms with Gasteiger partial charge < -0.3 is 16.0 Å². The Bertz CT molecular complexity index is 800. The quantitative estimate of drug-likeness (QED) is 0.293. The number of amides is 1. The molecular formula is C22H33IN6O. The van der Waals surface area contributed by atoms with Crippen molar-refractivity contribution >= 4 is 41.5 Å². The van der Waals surface area contributed by atoms with Gasteiger partial charge in [-0.05, 0) is 62.3 Å². The van der Waals surface area contributed by atoms with Gasteiger partial charge in [0.25, 0.3) is 0 Å². The molecule has 1 aromatic heterocycles. The number of aliphatic imine (C=N–C) groups is 1. The molecule has 1 aromatic carbocycles. The van der Waals surface area contributed by atoms with Crippen molar-refractivity contribution in [1.29, 1.82) is 0 Å². The van der Waals surface area contributed by atoms with E-state index < -0.39 is 0 Å². The largest absolute Gasteiger partial charge is 0.357 e. The molecule has 8 heteroatoms. The zero-order valence-corrected chi connectivity index (χ0v) is 20.1. The summed E-state index contributed by atoms with van der Waals surface area (Å²) < 4.78 is 1.60. The summed E-state index contributed by atoms with van der Waals surface area (Å²) in [7, 11) is 0. The fourth-order valence-electron chi connectivity index (χ4n) is 3.58. The molecule has 0 radical (unpaired) electrons. The number of hydrogen-bond donors (Lipinski definition) is 3. The monoisotopic (exact) mass is 524 g/mol. The number of aromatic nitrogens is 2. The van der Waals surface area contributed by atoms with Crippen LogP contribution < -0.4 is 16.0 Å². The number of hydrogen-bond acceptors (Lipinski definition) is 3. The molecule has 0 spiro atoms. The van der Waals surface area contributed by atoms with Gasteiger partial charge in [0.05, 0.1) is 6.54 Å². The van der Waals surface area contributed by atoms with E-state index in [-0.39, 0.29) is 36.4 Å². The fraction of sp³-hybridized carbons (Fsp3) is 0.500. The minimum Gasteiger partial charge on any atom is -0.357 e. The first-order valence-corrected chi connectivity index (χ1v) is 10.5. The van der Waals surface area contributed by atoms with Gasteiger partial charge in [-0.25, -0.2) is 4.99 Å². The Morgan fingerprint density at radius 3 is 2.73 bits per heavy atom. The lowest BCUT2D eigenvalue weighted by Gasteiger charge is -2.28. The summed E-state index contributed by atoms with van der Waals surface area (Å²) in [6.07, 6.45) is 8.38. The van der Waals surface area contributed by atoms with Gasteiger partial charge in [0.1, 0.15) is 6.54 Å². The molecule has 0 aliphatic heterocycles. The van der Waals surface area contributed by atoms with Crippen LogP contribution in [0, 0.1) is 5.92 Å². The predicted molar refractivity (Wildman–Crippen MR) is 132 cm³/mol. The van der Waals surface area contributed by atoms with Gasteiger partial charge in [-0.1, -0.05) is 19.1 Å². The molecule has 1 heterocycles. The Morgan fingerprint density at radius 2 is 2.03 bits per heavy atom. The Balaban J connectivity index is 0.00000320. The Labute approximate surface area is 196 Å². The molecule has 7 nitrogen and oxygen atoms in total. The number of anilines is 1. The Kier molecular flexibility index (Phi) is 10.1. The standard InChI is InChI=1S/C22H32N6O.HI/c1-3-23-22(27-19-10-8-17(2)9-11-19)24-15-18-6-4-7-20(14-18)26-21(29)16-28-13-5-12-25-28;/h4-7,12-14,17,19H,3,8-11,15-16H2,1-2H3,(H,26,29)(H2,23,24,27);1H. The van der Waals surface area contributed by atoms with E-state index >= 15 is 0 Å². The van der Waals surface area contributed by atoms with Crippen molar-refractivity contribution in [3.8, 4) is 0 Å². The highest BCUT2D eigenvalue weighted by atomic mass is 127. The third-order valence-corrected chi connectivity index (χ3v) is 5.20. The lowest BCUT2D eigenvalue weighted by Crippen LogP contribution is -2.44. The maximum absolute atomic E-state index is 12.2. The first kappa shape index (κ1) is 24.2. The smallest absolute Gasteiger partial charge is 0.246 e. The maximum atomic E-state index is 12.2. The van der Waals surface area contributed by atoms with Crippen LogP contribution in [0.5, 0.6) is 0 Å². The molecule has 1 amide bonds. The van der Waals surface area contributed by atoms with Crippen LogP contribution in [-0.2, 0) is 17.9 Å². The number of halogens is 1. The van der Waals surface area contributed by atoms with E-state index in [2.05, 4.69) is 34.9 Å². The zero-order chi connectivity index (χ0) is 20.5. The molecule has 164 valence electrons. The van der Waals surface area contributed by atoms with E-state index in [9.17, 15) is 4.79 Å². The SMILES string of the molecule is CCNC(=NCc1cccc(NC(=O)Cn2cccn2)c1)NC1CCC(C)CC1.I. The van der Waals surface area contributed by atoms with Crippen LogP contribution in [0.1, 0.15) is 45.1 Å².